The van der Waals surface area contributed by atoms with Crippen LogP contribution in [0.25, 0.3) is 16.3 Å². The van der Waals surface area contributed by atoms with E-state index in [9.17, 15) is 10.1 Å². The molecular formula is C26H24N4O. The Morgan fingerprint density at radius 3 is 2.81 bits per heavy atom. The van der Waals surface area contributed by atoms with E-state index in [4.69, 9.17) is 0 Å². The van der Waals surface area contributed by atoms with Gasteiger partial charge in [-0.2, -0.15) is 5.26 Å². The Morgan fingerprint density at radius 2 is 2.00 bits per heavy atom. The van der Waals surface area contributed by atoms with Gasteiger partial charge in [0.15, 0.2) is 0 Å². The fourth-order valence-corrected chi connectivity index (χ4v) is 4.62. The van der Waals surface area contributed by atoms with Crippen molar-refractivity contribution in [3.05, 3.63) is 82.2 Å². The van der Waals surface area contributed by atoms with Crippen molar-refractivity contribution < 1.29 is 4.79 Å². The zero-order valence-electron chi connectivity index (χ0n) is 17.6. The maximum atomic E-state index is 13.2. The summed E-state index contributed by atoms with van der Waals surface area (Å²) < 4.78 is 0. The molecule has 0 aliphatic carbocycles. The largest absolute Gasteiger partial charge is 0.334 e. The highest BCUT2D eigenvalue weighted by Gasteiger charge is 2.25. The van der Waals surface area contributed by atoms with Gasteiger partial charge in [0.05, 0.1) is 11.3 Å². The van der Waals surface area contributed by atoms with Crippen LogP contribution in [0.5, 0.6) is 0 Å². The lowest BCUT2D eigenvalue weighted by Crippen LogP contribution is -2.36. The van der Waals surface area contributed by atoms with Crippen LogP contribution in [-0.2, 0) is 13.0 Å². The topological polar surface area (TPSA) is 69.0 Å². The van der Waals surface area contributed by atoms with E-state index in [1.807, 2.05) is 36.2 Å². The van der Waals surface area contributed by atoms with Gasteiger partial charge < -0.3 is 10.2 Å². The van der Waals surface area contributed by atoms with Crippen molar-refractivity contribution in [3.8, 4) is 6.07 Å². The van der Waals surface area contributed by atoms with Crippen LogP contribution >= 0.6 is 0 Å². The number of carbonyl (C=O) groups excluding carboxylic acids is 1. The van der Waals surface area contributed by atoms with E-state index in [1.54, 1.807) is 0 Å². The molecule has 154 valence electrons. The minimum absolute atomic E-state index is 0.0248. The van der Waals surface area contributed by atoms with Gasteiger partial charge in [-0.1, -0.05) is 24.3 Å². The van der Waals surface area contributed by atoms with Crippen LogP contribution in [0, 0.1) is 18.3 Å². The van der Waals surface area contributed by atoms with E-state index >= 15 is 0 Å². The molecule has 1 aromatic heterocycles. The van der Waals surface area contributed by atoms with Crippen molar-refractivity contribution in [2.75, 3.05) is 19.6 Å². The Bertz CT molecular complexity index is 1270. The molecule has 0 radical (unpaired) electrons. The average molecular weight is 409 g/mol. The highest BCUT2D eigenvalue weighted by molar-refractivity contribution is 5.99. The summed E-state index contributed by atoms with van der Waals surface area (Å²) in [5.41, 5.74) is 6.78. The maximum absolute atomic E-state index is 13.2. The number of hydrogen-bond donors (Lipinski definition) is 1. The molecule has 0 fully saturated rings. The van der Waals surface area contributed by atoms with Crippen molar-refractivity contribution in [1.29, 1.82) is 5.26 Å². The van der Waals surface area contributed by atoms with Gasteiger partial charge in [-0.3, -0.25) is 9.78 Å². The number of carbonyl (C=O) groups is 1. The molecule has 0 saturated heterocycles. The van der Waals surface area contributed by atoms with Crippen LogP contribution in [0.15, 0.2) is 48.7 Å². The molecule has 0 atom stereocenters. The molecule has 2 aliphatic rings. The third-order valence-electron chi connectivity index (χ3n) is 6.38. The van der Waals surface area contributed by atoms with Crippen molar-refractivity contribution in [2.45, 2.75) is 26.3 Å². The van der Waals surface area contributed by atoms with Gasteiger partial charge in [0.1, 0.15) is 6.07 Å². The van der Waals surface area contributed by atoms with E-state index in [1.165, 1.54) is 11.1 Å². The van der Waals surface area contributed by atoms with Crippen molar-refractivity contribution in [3.63, 3.8) is 0 Å². The fourth-order valence-electron chi connectivity index (χ4n) is 4.62. The Morgan fingerprint density at radius 1 is 1.16 bits per heavy atom. The summed E-state index contributed by atoms with van der Waals surface area (Å²) in [6, 6.07) is 14.7. The second kappa shape index (κ2) is 7.98. The summed E-state index contributed by atoms with van der Waals surface area (Å²) in [4.78, 5) is 19.4. The number of fused-ring (bicyclic) bond motifs is 2. The average Bonchev–Trinajstić information content (AvgIpc) is 2.83. The number of aryl methyl sites for hydroxylation is 1. The maximum Gasteiger partial charge on any atom is 0.254 e. The number of nitrogens with one attached hydrogen (secondary N) is 1. The van der Waals surface area contributed by atoms with Crippen LogP contribution < -0.4 is 5.32 Å². The monoisotopic (exact) mass is 408 g/mol. The lowest BCUT2D eigenvalue weighted by Gasteiger charge is -2.29. The van der Waals surface area contributed by atoms with Gasteiger partial charge in [-0.25, -0.2) is 0 Å². The molecule has 0 spiro atoms. The molecule has 1 N–H and O–H groups in total. The minimum Gasteiger partial charge on any atom is -0.334 e. The molecule has 5 nitrogen and oxygen atoms in total. The third kappa shape index (κ3) is 3.60. The van der Waals surface area contributed by atoms with Gasteiger partial charge in [0.2, 0.25) is 0 Å². The first kappa shape index (κ1) is 19.5. The Hall–Kier alpha value is -3.49. The van der Waals surface area contributed by atoms with Gasteiger partial charge >= 0.3 is 0 Å². The summed E-state index contributed by atoms with van der Waals surface area (Å²) in [7, 11) is 0. The second-order valence-electron chi connectivity index (χ2n) is 8.27. The first-order valence-corrected chi connectivity index (χ1v) is 10.7. The standard InChI is InChI=1S/C26H24N4O/c1-17-25(14-27)24-8-11-30(16-23(24)15-29-17)26(31)22-5-4-20-12-19(2-3-21(20)13-22)18-6-9-28-10-7-18/h2-6,12-13,15,28H,7-11,16H2,1H3. The normalized spacial score (nSPS) is 15.9. The van der Waals surface area contributed by atoms with E-state index in [0.29, 0.717) is 30.6 Å². The number of hydrogen-bond acceptors (Lipinski definition) is 4. The number of aromatic nitrogens is 1. The summed E-state index contributed by atoms with van der Waals surface area (Å²) in [6.07, 6.45) is 5.79. The van der Waals surface area contributed by atoms with Crippen LogP contribution in [0.3, 0.4) is 0 Å². The van der Waals surface area contributed by atoms with Crippen molar-refractivity contribution in [1.82, 2.24) is 15.2 Å². The first-order valence-electron chi connectivity index (χ1n) is 10.7. The lowest BCUT2D eigenvalue weighted by atomic mass is 9.94. The molecule has 1 amide bonds. The minimum atomic E-state index is 0.0248. The zero-order chi connectivity index (χ0) is 21.4. The number of rotatable bonds is 2. The highest BCUT2D eigenvalue weighted by atomic mass is 16.2. The van der Waals surface area contributed by atoms with Crippen LogP contribution in [0.4, 0.5) is 0 Å². The van der Waals surface area contributed by atoms with E-state index in [0.717, 1.165) is 47.1 Å². The summed E-state index contributed by atoms with van der Waals surface area (Å²) in [5.74, 6) is 0.0248. The first-order chi connectivity index (χ1) is 15.1. The van der Waals surface area contributed by atoms with E-state index < -0.39 is 0 Å². The molecule has 5 heteroatoms. The second-order valence-corrected chi connectivity index (χ2v) is 8.27. The molecule has 0 bridgehead atoms. The van der Waals surface area contributed by atoms with Crippen LogP contribution in [0.2, 0.25) is 0 Å². The lowest BCUT2D eigenvalue weighted by molar-refractivity contribution is 0.0734. The number of benzene rings is 2. The molecular weight excluding hydrogens is 384 g/mol. The Labute approximate surface area is 182 Å². The van der Waals surface area contributed by atoms with Gasteiger partial charge in [0, 0.05) is 31.4 Å². The number of nitriles is 1. The molecule has 2 aliphatic heterocycles. The van der Waals surface area contributed by atoms with Gasteiger partial charge in [-0.05, 0) is 77.5 Å². The predicted octanol–water partition coefficient (Wildman–Crippen LogP) is 3.99. The third-order valence-corrected chi connectivity index (χ3v) is 6.38. The predicted molar refractivity (Wildman–Crippen MR) is 122 cm³/mol. The van der Waals surface area contributed by atoms with E-state index in [-0.39, 0.29) is 5.91 Å². The molecule has 3 aromatic rings. The number of amides is 1. The molecule has 0 saturated carbocycles. The molecule has 0 unspecified atom stereocenters. The highest BCUT2D eigenvalue weighted by Crippen LogP contribution is 2.27. The summed E-state index contributed by atoms with van der Waals surface area (Å²) >= 11 is 0. The summed E-state index contributed by atoms with van der Waals surface area (Å²) in [6.45, 7) is 4.91. The van der Waals surface area contributed by atoms with Crippen LogP contribution in [-0.4, -0.2) is 35.4 Å². The molecule has 5 rings (SSSR count). The van der Waals surface area contributed by atoms with Gasteiger partial charge in [-0.15, -0.1) is 0 Å². The molecule has 31 heavy (non-hydrogen) atoms. The quantitative estimate of drug-likeness (QED) is 0.696. The number of pyridine rings is 1. The smallest absolute Gasteiger partial charge is 0.254 e. The molecule has 2 aromatic carbocycles. The summed E-state index contributed by atoms with van der Waals surface area (Å²) in [5, 5.41) is 15.0. The Kier molecular flexibility index (Phi) is 5.01. The fraction of sp³-hybridized carbons (Fsp3) is 0.269. The zero-order valence-corrected chi connectivity index (χ0v) is 17.6. The van der Waals surface area contributed by atoms with Crippen molar-refractivity contribution in [2.24, 2.45) is 0 Å². The SMILES string of the molecule is Cc1ncc2c(c1C#N)CCN(C(=O)c1ccc3cc(C4=CCNCC4)ccc3c1)C2. The molecule has 3 heterocycles. The Balaban J connectivity index is 1.40. The van der Waals surface area contributed by atoms with Crippen molar-refractivity contribution >= 4 is 22.3 Å². The van der Waals surface area contributed by atoms with Gasteiger partial charge in [0.25, 0.3) is 5.91 Å². The van der Waals surface area contributed by atoms with E-state index in [2.05, 4.69) is 40.6 Å². The van der Waals surface area contributed by atoms with Crippen LogP contribution in [0.1, 0.15) is 44.7 Å². The number of nitrogens with zero attached hydrogens (tertiary/aromatic N) is 3.